The Labute approximate surface area is 132 Å². The molecule has 2 N–H and O–H groups in total. The molecule has 1 saturated carbocycles. The van der Waals surface area contributed by atoms with Crippen LogP contribution in [0.25, 0.3) is 0 Å². The molecule has 0 bridgehead atoms. The summed E-state index contributed by atoms with van der Waals surface area (Å²) in [6.07, 6.45) is 1.90. The Morgan fingerprint density at radius 3 is 2.73 bits per heavy atom. The molecular weight excluding hydrogens is 306 g/mol. The summed E-state index contributed by atoms with van der Waals surface area (Å²) in [5, 5.41) is 5.79. The molecule has 1 aromatic rings. The molecule has 7 heteroatoms. The maximum absolute atomic E-state index is 12.6. The highest BCUT2D eigenvalue weighted by Crippen LogP contribution is 2.33. The molecule has 0 aromatic heterocycles. The quantitative estimate of drug-likeness (QED) is 0.822. The summed E-state index contributed by atoms with van der Waals surface area (Å²) in [4.78, 5) is 37.5. The first kappa shape index (κ1) is 14.8. The fourth-order valence-electron chi connectivity index (χ4n) is 2.53. The number of halogens is 1. The summed E-state index contributed by atoms with van der Waals surface area (Å²) < 4.78 is 0. The van der Waals surface area contributed by atoms with Crippen LogP contribution in [0.4, 0.5) is 4.79 Å². The number of nitrogens with one attached hydrogen (secondary N) is 2. The number of rotatable bonds is 4. The molecule has 0 radical (unpaired) electrons. The average Bonchev–Trinajstić information content (AvgIpc) is 3.24. The van der Waals surface area contributed by atoms with Crippen molar-refractivity contribution in [2.45, 2.75) is 31.3 Å². The van der Waals surface area contributed by atoms with Gasteiger partial charge in [-0.2, -0.15) is 0 Å². The van der Waals surface area contributed by atoms with Crippen LogP contribution in [-0.4, -0.2) is 35.3 Å². The zero-order valence-electron chi connectivity index (χ0n) is 12.1. The van der Waals surface area contributed by atoms with E-state index in [1.807, 2.05) is 0 Å². The fourth-order valence-corrected chi connectivity index (χ4v) is 2.86. The maximum atomic E-state index is 12.6. The van der Waals surface area contributed by atoms with Gasteiger partial charge in [0.2, 0.25) is 5.91 Å². The standard InChI is InChI=1S/C15H16ClN3O3/c1-15(10-4-2-3-5-11(10)16)13(21)19(14(22)18-15)8-12(20)17-9-6-7-9/h2-5,9H,6-8H2,1H3,(H,17,20)(H,18,22). The van der Waals surface area contributed by atoms with E-state index in [4.69, 9.17) is 11.6 Å². The van der Waals surface area contributed by atoms with E-state index in [1.54, 1.807) is 31.2 Å². The van der Waals surface area contributed by atoms with E-state index in [0.717, 1.165) is 17.7 Å². The lowest BCUT2D eigenvalue weighted by Crippen LogP contribution is -2.43. The molecule has 2 fully saturated rings. The number of carbonyl (C=O) groups is 3. The molecule has 0 spiro atoms. The van der Waals surface area contributed by atoms with Crippen molar-refractivity contribution in [3.05, 3.63) is 34.9 Å². The van der Waals surface area contributed by atoms with Crippen molar-refractivity contribution >= 4 is 29.4 Å². The van der Waals surface area contributed by atoms with Gasteiger partial charge < -0.3 is 10.6 Å². The second-order valence-electron chi connectivity index (χ2n) is 5.77. The van der Waals surface area contributed by atoms with E-state index < -0.39 is 17.5 Å². The smallest absolute Gasteiger partial charge is 0.325 e. The van der Waals surface area contributed by atoms with Crippen molar-refractivity contribution < 1.29 is 14.4 Å². The van der Waals surface area contributed by atoms with E-state index in [-0.39, 0.29) is 18.5 Å². The van der Waals surface area contributed by atoms with Crippen LogP contribution in [0, 0.1) is 0 Å². The predicted molar refractivity (Wildman–Crippen MR) is 80.2 cm³/mol. The summed E-state index contributed by atoms with van der Waals surface area (Å²) in [7, 11) is 0. The van der Waals surface area contributed by atoms with E-state index in [1.165, 1.54) is 0 Å². The Morgan fingerprint density at radius 1 is 1.41 bits per heavy atom. The van der Waals surface area contributed by atoms with E-state index in [2.05, 4.69) is 10.6 Å². The molecule has 2 aliphatic rings. The zero-order chi connectivity index (χ0) is 15.9. The molecule has 4 amide bonds. The third kappa shape index (κ3) is 2.54. The van der Waals surface area contributed by atoms with Crippen molar-refractivity contribution in [3.63, 3.8) is 0 Å². The van der Waals surface area contributed by atoms with Gasteiger partial charge in [-0.3, -0.25) is 14.5 Å². The largest absolute Gasteiger partial charge is 0.352 e. The van der Waals surface area contributed by atoms with Gasteiger partial charge >= 0.3 is 6.03 Å². The Kier molecular flexibility index (Phi) is 3.56. The summed E-state index contributed by atoms with van der Waals surface area (Å²) in [6.45, 7) is 1.31. The molecule has 1 atom stereocenters. The topological polar surface area (TPSA) is 78.5 Å². The SMILES string of the molecule is CC1(c2ccccc2Cl)NC(=O)N(CC(=O)NC2CC2)C1=O. The number of benzene rings is 1. The number of hydrogen-bond donors (Lipinski definition) is 2. The first-order valence-electron chi connectivity index (χ1n) is 7.10. The lowest BCUT2D eigenvalue weighted by Gasteiger charge is -2.23. The minimum absolute atomic E-state index is 0.184. The van der Waals surface area contributed by atoms with Gasteiger partial charge in [0.25, 0.3) is 5.91 Å². The van der Waals surface area contributed by atoms with Gasteiger partial charge in [0.1, 0.15) is 12.1 Å². The summed E-state index contributed by atoms with van der Waals surface area (Å²) in [6, 6.07) is 6.44. The van der Waals surface area contributed by atoms with E-state index in [9.17, 15) is 14.4 Å². The molecule has 6 nitrogen and oxygen atoms in total. The number of imide groups is 1. The van der Waals surface area contributed by atoms with Gasteiger partial charge in [-0.15, -0.1) is 0 Å². The number of nitrogens with zero attached hydrogens (tertiary/aromatic N) is 1. The molecular formula is C15H16ClN3O3. The second-order valence-corrected chi connectivity index (χ2v) is 6.18. The minimum atomic E-state index is -1.25. The van der Waals surface area contributed by atoms with Crippen molar-refractivity contribution in [3.8, 4) is 0 Å². The van der Waals surface area contributed by atoms with Crippen LogP contribution in [0.2, 0.25) is 5.02 Å². The van der Waals surface area contributed by atoms with Crippen LogP contribution >= 0.6 is 11.6 Å². The molecule has 1 aliphatic heterocycles. The lowest BCUT2D eigenvalue weighted by molar-refractivity contribution is -0.134. The van der Waals surface area contributed by atoms with Gasteiger partial charge in [0.15, 0.2) is 0 Å². The van der Waals surface area contributed by atoms with Crippen LogP contribution in [0.15, 0.2) is 24.3 Å². The highest BCUT2D eigenvalue weighted by atomic mass is 35.5. The highest BCUT2D eigenvalue weighted by Gasteiger charge is 2.50. The highest BCUT2D eigenvalue weighted by molar-refractivity contribution is 6.32. The number of amides is 4. The molecule has 1 unspecified atom stereocenters. The number of hydrogen-bond acceptors (Lipinski definition) is 3. The number of urea groups is 1. The number of carbonyl (C=O) groups excluding carboxylic acids is 3. The van der Waals surface area contributed by atoms with Crippen LogP contribution in [0.1, 0.15) is 25.3 Å². The molecule has 3 rings (SSSR count). The second kappa shape index (κ2) is 5.28. The Hall–Kier alpha value is -2.08. The van der Waals surface area contributed by atoms with E-state index in [0.29, 0.717) is 10.6 Å². The lowest BCUT2D eigenvalue weighted by atomic mass is 9.92. The molecule has 116 valence electrons. The third-order valence-electron chi connectivity index (χ3n) is 3.93. The van der Waals surface area contributed by atoms with Crippen LogP contribution in [0.5, 0.6) is 0 Å². The molecule has 1 saturated heterocycles. The van der Waals surface area contributed by atoms with Gasteiger partial charge in [0, 0.05) is 16.6 Å². The molecule has 1 aliphatic carbocycles. The molecule has 1 heterocycles. The monoisotopic (exact) mass is 321 g/mol. The van der Waals surface area contributed by atoms with Gasteiger partial charge in [-0.1, -0.05) is 29.8 Å². The summed E-state index contributed by atoms with van der Waals surface area (Å²) in [5.41, 5.74) is -0.741. The molecule has 22 heavy (non-hydrogen) atoms. The minimum Gasteiger partial charge on any atom is -0.352 e. The maximum Gasteiger partial charge on any atom is 0.325 e. The van der Waals surface area contributed by atoms with Crippen molar-refractivity contribution in [2.24, 2.45) is 0 Å². The van der Waals surface area contributed by atoms with Crippen LogP contribution in [0.3, 0.4) is 0 Å². The predicted octanol–water partition coefficient (Wildman–Crippen LogP) is 1.39. The first-order valence-corrected chi connectivity index (χ1v) is 7.48. The van der Waals surface area contributed by atoms with Crippen LogP contribution in [-0.2, 0) is 15.1 Å². The van der Waals surface area contributed by atoms with Gasteiger partial charge in [-0.25, -0.2) is 4.79 Å². The summed E-state index contributed by atoms with van der Waals surface area (Å²) >= 11 is 6.14. The Morgan fingerprint density at radius 2 is 2.09 bits per heavy atom. The average molecular weight is 322 g/mol. The van der Waals surface area contributed by atoms with Gasteiger partial charge in [0.05, 0.1) is 0 Å². The van der Waals surface area contributed by atoms with Crippen molar-refractivity contribution in [1.82, 2.24) is 15.5 Å². The Bertz CT molecular complexity index is 659. The van der Waals surface area contributed by atoms with Crippen molar-refractivity contribution in [1.29, 1.82) is 0 Å². The van der Waals surface area contributed by atoms with Gasteiger partial charge in [-0.05, 0) is 25.8 Å². The first-order chi connectivity index (χ1) is 10.4. The van der Waals surface area contributed by atoms with Crippen molar-refractivity contribution in [2.75, 3.05) is 6.54 Å². The third-order valence-corrected chi connectivity index (χ3v) is 4.26. The normalized spacial score (nSPS) is 24.4. The molecule has 1 aromatic carbocycles. The Balaban J connectivity index is 1.81. The zero-order valence-corrected chi connectivity index (χ0v) is 12.8. The van der Waals surface area contributed by atoms with Crippen LogP contribution < -0.4 is 10.6 Å². The fraction of sp³-hybridized carbons (Fsp3) is 0.400. The summed E-state index contributed by atoms with van der Waals surface area (Å²) in [5.74, 6) is -0.800. The van der Waals surface area contributed by atoms with E-state index >= 15 is 0 Å².